The van der Waals surface area contributed by atoms with E-state index in [4.69, 9.17) is 4.74 Å². The monoisotopic (exact) mass is 384 g/mol. The number of thioether (sulfide) groups is 1. The summed E-state index contributed by atoms with van der Waals surface area (Å²) in [5.74, 6) is 0.612. The summed E-state index contributed by atoms with van der Waals surface area (Å²) in [5.41, 5.74) is 0.852. The van der Waals surface area contributed by atoms with Gasteiger partial charge in [-0.05, 0) is 43.4 Å². The second-order valence-electron chi connectivity index (χ2n) is 6.45. The van der Waals surface area contributed by atoms with Gasteiger partial charge >= 0.3 is 0 Å². The number of benzene rings is 2. The molecule has 0 bridgehead atoms. The first-order valence-corrected chi connectivity index (χ1v) is 10.3. The average Bonchev–Trinajstić information content (AvgIpc) is 2.73. The van der Waals surface area contributed by atoms with Crippen LogP contribution in [0.2, 0.25) is 0 Å². The summed E-state index contributed by atoms with van der Waals surface area (Å²) in [6, 6.07) is 17.1. The molecular formula is C21H24N2O3S. The number of nitrogens with zero attached hydrogens (tertiary/aromatic N) is 1. The Balaban J connectivity index is 1.46. The largest absolute Gasteiger partial charge is 0.484 e. The van der Waals surface area contributed by atoms with Crippen molar-refractivity contribution in [2.24, 2.45) is 5.92 Å². The third-order valence-electron chi connectivity index (χ3n) is 4.69. The van der Waals surface area contributed by atoms with Crippen molar-refractivity contribution in [2.45, 2.75) is 17.7 Å². The summed E-state index contributed by atoms with van der Waals surface area (Å²) in [6.07, 6.45) is 3.33. The molecule has 1 saturated heterocycles. The lowest BCUT2D eigenvalue weighted by molar-refractivity contribution is -0.136. The molecule has 1 aliphatic heterocycles. The maximum atomic E-state index is 12.6. The van der Waals surface area contributed by atoms with Crippen LogP contribution in [0.5, 0.6) is 5.75 Å². The van der Waals surface area contributed by atoms with Gasteiger partial charge in [0.15, 0.2) is 6.61 Å². The number of hydrogen-bond donors (Lipinski definition) is 1. The van der Waals surface area contributed by atoms with E-state index in [0.717, 1.165) is 10.6 Å². The molecule has 142 valence electrons. The number of anilines is 1. The second-order valence-corrected chi connectivity index (χ2v) is 7.29. The van der Waals surface area contributed by atoms with E-state index in [2.05, 4.69) is 5.32 Å². The van der Waals surface area contributed by atoms with Crippen LogP contribution in [0.1, 0.15) is 12.8 Å². The second kappa shape index (κ2) is 9.46. The van der Waals surface area contributed by atoms with Gasteiger partial charge in [-0.15, -0.1) is 11.8 Å². The molecule has 27 heavy (non-hydrogen) atoms. The van der Waals surface area contributed by atoms with Crippen LogP contribution < -0.4 is 10.1 Å². The third kappa shape index (κ3) is 5.26. The zero-order valence-electron chi connectivity index (χ0n) is 15.4. The average molecular weight is 385 g/mol. The van der Waals surface area contributed by atoms with Crippen LogP contribution >= 0.6 is 11.8 Å². The van der Waals surface area contributed by atoms with E-state index in [9.17, 15) is 9.59 Å². The minimum absolute atomic E-state index is 0.0297. The van der Waals surface area contributed by atoms with Crippen molar-refractivity contribution >= 4 is 29.3 Å². The number of rotatable bonds is 6. The molecule has 0 atom stereocenters. The Morgan fingerprint density at radius 3 is 2.44 bits per heavy atom. The van der Waals surface area contributed by atoms with Gasteiger partial charge in [0.1, 0.15) is 5.75 Å². The summed E-state index contributed by atoms with van der Waals surface area (Å²) in [7, 11) is 0. The van der Waals surface area contributed by atoms with Gasteiger partial charge in [-0.1, -0.05) is 30.3 Å². The molecule has 0 aromatic heterocycles. The lowest BCUT2D eigenvalue weighted by Gasteiger charge is -2.31. The lowest BCUT2D eigenvalue weighted by Crippen LogP contribution is -2.43. The van der Waals surface area contributed by atoms with Gasteiger partial charge in [0.2, 0.25) is 5.91 Å². The van der Waals surface area contributed by atoms with Crippen molar-refractivity contribution in [3.05, 3.63) is 54.6 Å². The first kappa shape index (κ1) is 19.3. The van der Waals surface area contributed by atoms with Gasteiger partial charge in [-0.2, -0.15) is 0 Å². The maximum Gasteiger partial charge on any atom is 0.260 e. The number of carbonyl (C=O) groups excluding carboxylic acids is 2. The van der Waals surface area contributed by atoms with E-state index in [1.54, 1.807) is 16.7 Å². The number of ether oxygens (including phenoxy) is 1. The van der Waals surface area contributed by atoms with Crippen LogP contribution in [0.4, 0.5) is 5.69 Å². The molecule has 5 nitrogen and oxygen atoms in total. The van der Waals surface area contributed by atoms with Crippen molar-refractivity contribution in [1.82, 2.24) is 4.90 Å². The Morgan fingerprint density at radius 1 is 1.07 bits per heavy atom. The molecule has 1 N–H and O–H groups in total. The Kier molecular flexibility index (Phi) is 6.76. The van der Waals surface area contributed by atoms with E-state index in [-0.39, 0.29) is 24.3 Å². The molecule has 3 rings (SSSR count). The highest BCUT2D eigenvalue weighted by molar-refractivity contribution is 7.98. The minimum atomic E-state index is -0.0704. The number of amides is 2. The standard InChI is InChI=1S/C21H24N2O3S/c1-27-19-10-6-5-9-18(19)22-21(25)16-11-13-23(14-12-16)20(24)15-26-17-7-3-2-4-8-17/h2-10,16H,11-15H2,1H3,(H,22,25). The smallest absolute Gasteiger partial charge is 0.260 e. The van der Waals surface area contributed by atoms with Gasteiger partial charge in [0.05, 0.1) is 5.69 Å². The molecule has 0 unspecified atom stereocenters. The van der Waals surface area contributed by atoms with Gasteiger partial charge in [-0.3, -0.25) is 9.59 Å². The molecule has 2 aromatic carbocycles. The zero-order chi connectivity index (χ0) is 19.1. The highest BCUT2D eigenvalue weighted by Crippen LogP contribution is 2.26. The summed E-state index contributed by atoms with van der Waals surface area (Å²) in [6.45, 7) is 1.19. The fourth-order valence-corrected chi connectivity index (χ4v) is 3.68. The molecule has 2 amide bonds. The predicted octanol–water partition coefficient (Wildman–Crippen LogP) is 3.66. The van der Waals surface area contributed by atoms with Crippen LogP contribution in [-0.2, 0) is 9.59 Å². The Hall–Kier alpha value is -2.47. The number of hydrogen-bond acceptors (Lipinski definition) is 4. The zero-order valence-corrected chi connectivity index (χ0v) is 16.2. The van der Waals surface area contributed by atoms with Gasteiger partial charge in [0, 0.05) is 23.9 Å². The van der Waals surface area contributed by atoms with E-state index >= 15 is 0 Å². The van der Waals surface area contributed by atoms with E-state index in [0.29, 0.717) is 31.7 Å². The van der Waals surface area contributed by atoms with E-state index < -0.39 is 0 Å². The first-order valence-electron chi connectivity index (χ1n) is 9.07. The number of piperidine rings is 1. The molecule has 1 heterocycles. The Labute approximate surface area is 164 Å². The molecule has 0 aliphatic carbocycles. The molecular weight excluding hydrogens is 360 g/mol. The molecule has 1 fully saturated rings. The maximum absolute atomic E-state index is 12.6. The van der Waals surface area contributed by atoms with Crippen LogP contribution in [0.15, 0.2) is 59.5 Å². The molecule has 0 radical (unpaired) electrons. The number of nitrogens with one attached hydrogen (secondary N) is 1. The van der Waals surface area contributed by atoms with Crippen LogP contribution in [0.25, 0.3) is 0 Å². The van der Waals surface area contributed by atoms with Crippen LogP contribution in [0.3, 0.4) is 0 Å². The number of para-hydroxylation sites is 2. The van der Waals surface area contributed by atoms with Crippen molar-refractivity contribution in [1.29, 1.82) is 0 Å². The van der Waals surface area contributed by atoms with Gasteiger partial charge in [-0.25, -0.2) is 0 Å². The Bertz CT molecular complexity index is 774. The van der Waals surface area contributed by atoms with Crippen molar-refractivity contribution < 1.29 is 14.3 Å². The topological polar surface area (TPSA) is 58.6 Å². The highest BCUT2D eigenvalue weighted by atomic mass is 32.2. The minimum Gasteiger partial charge on any atom is -0.484 e. The number of carbonyl (C=O) groups is 2. The molecule has 6 heteroatoms. The van der Waals surface area contributed by atoms with Crippen molar-refractivity contribution in [3.63, 3.8) is 0 Å². The van der Waals surface area contributed by atoms with Crippen molar-refractivity contribution in [3.8, 4) is 5.75 Å². The Morgan fingerprint density at radius 2 is 1.74 bits per heavy atom. The highest BCUT2D eigenvalue weighted by Gasteiger charge is 2.27. The van der Waals surface area contributed by atoms with E-state index in [1.807, 2.05) is 60.9 Å². The SMILES string of the molecule is CSc1ccccc1NC(=O)C1CCN(C(=O)COc2ccccc2)CC1. The fraction of sp³-hybridized carbons (Fsp3) is 0.333. The molecule has 1 aliphatic rings. The fourth-order valence-electron chi connectivity index (χ4n) is 3.13. The quantitative estimate of drug-likeness (QED) is 0.772. The summed E-state index contributed by atoms with van der Waals surface area (Å²) in [4.78, 5) is 27.7. The predicted molar refractivity (Wildman–Crippen MR) is 108 cm³/mol. The normalized spacial score (nSPS) is 14.6. The molecule has 2 aromatic rings. The summed E-state index contributed by atoms with van der Waals surface area (Å²) >= 11 is 1.61. The van der Waals surface area contributed by atoms with Crippen LogP contribution in [0, 0.1) is 5.92 Å². The van der Waals surface area contributed by atoms with Crippen LogP contribution in [-0.4, -0.2) is 42.7 Å². The third-order valence-corrected chi connectivity index (χ3v) is 5.48. The molecule has 0 saturated carbocycles. The summed E-state index contributed by atoms with van der Waals surface area (Å²) < 4.78 is 5.53. The van der Waals surface area contributed by atoms with Gasteiger partial charge < -0.3 is 15.0 Å². The lowest BCUT2D eigenvalue weighted by atomic mass is 9.95. The van der Waals surface area contributed by atoms with Gasteiger partial charge in [0.25, 0.3) is 5.91 Å². The summed E-state index contributed by atoms with van der Waals surface area (Å²) in [5, 5.41) is 3.03. The molecule has 0 spiro atoms. The van der Waals surface area contributed by atoms with E-state index in [1.165, 1.54) is 0 Å². The first-order chi connectivity index (χ1) is 13.2. The van der Waals surface area contributed by atoms with Crippen molar-refractivity contribution in [2.75, 3.05) is 31.3 Å². The number of likely N-dealkylation sites (tertiary alicyclic amines) is 1.